The smallest absolute Gasteiger partial charge is 0.238 e. The molecule has 0 saturated carbocycles. The molecule has 0 heterocycles. The van der Waals surface area contributed by atoms with Crippen LogP contribution < -0.4 is 10.6 Å². The van der Waals surface area contributed by atoms with Crippen molar-refractivity contribution in [2.75, 3.05) is 12.6 Å². The van der Waals surface area contributed by atoms with Gasteiger partial charge in [0.2, 0.25) is 5.91 Å². The van der Waals surface area contributed by atoms with Gasteiger partial charge in [-0.15, -0.1) is 0 Å². The van der Waals surface area contributed by atoms with Crippen molar-refractivity contribution in [1.29, 1.82) is 0 Å². The minimum Gasteiger partial charge on any atom is -0.345 e. The Bertz CT molecular complexity index is 442. The Kier molecular flexibility index (Phi) is 7.25. The van der Waals surface area contributed by atoms with E-state index in [1.807, 2.05) is 30.3 Å². The number of hydrogen-bond donors (Lipinski definition) is 3. The lowest BCUT2D eigenvalue weighted by Crippen LogP contribution is -2.50. The second-order valence-electron chi connectivity index (χ2n) is 4.43. The second kappa shape index (κ2) is 8.71. The SMILES string of the molecule is C[C@H](NC(=O)C(Cc1ccccc1)NCS)C(=O)CF. The van der Waals surface area contributed by atoms with Crippen LogP contribution in [0.5, 0.6) is 0 Å². The Hall–Kier alpha value is -1.40. The minimum absolute atomic E-state index is 0.330. The summed E-state index contributed by atoms with van der Waals surface area (Å²) in [6, 6.07) is 8.16. The van der Waals surface area contributed by atoms with Crippen molar-refractivity contribution in [3.63, 3.8) is 0 Å². The van der Waals surface area contributed by atoms with Gasteiger partial charge in [-0.25, -0.2) is 4.39 Å². The molecule has 4 nitrogen and oxygen atoms in total. The van der Waals surface area contributed by atoms with Gasteiger partial charge in [0.1, 0.15) is 6.67 Å². The molecule has 20 heavy (non-hydrogen) atoms. The summed E-state index contributed by atoms with van der Waals surface area (Å²) in [7, 11) is 0. The molecule has 0 fully saturated rings. The third-order valence-corrected chi connectivity index (χ3v) is 3.09. The van der Waals surface area contributed by atoms with E-state index in [1.54, 1.807) is 0 Å². The predicted molar refractivity (Wildman–Crippen MR) is 79.5 cm³/mol. The molecule has 0 spiro atoms. The van der Waals surface area contributed by atoms with Gasteiger partial charge >= 0.3 is 0 Å². The molecule has 110 valence electrons. The Morgan fingerprint density at radius 1 is 1.30 bits per heavy atom. The number of halogens is 1. The van der Waals surface area contributed by atoms with Crippen LogP contribution in [0.25, 0.3) is 0 Å². The third kappa shape index (κ3) is 5.30. The zero-order valence-electron chi connectivity index (χ0n) is 11.3. The van der Waals surface area contributed by atoms with Gasteiger partial charge in [0.25, 0.3) is 0 Å². The van der Waals surface area contributed by atoms with Gasteiger partial charge in [-0.3, -0.25) is 14.9 Å². The summed E-state index contributed by atoms with van der Waals surface area (Å²) in [5, 5.41) is 5.45. The summed E-state index contributed by atoms with van der Waals surface area (Å²) < 4.78 is 12.3. The fraction of sp³-hybridized carbons (Fsp3) is 0.429. The van der Waals surface area contributed by atoms with Crippen LogP contribution in [-0.4, -0.2) is 36.3 Å². The number of alkyl halides is 1. The number of carbonyl (C=O) groups is 2. The van der Waals surface area contributed by atoms with Crippen molar-refractivity contribution in [3.8, 4) is 0 Å². The molecule has 0 aliphatic rings. The van der Waals surface area contributed by atoms with Crippen LogP contribution in [-0.2, 0) is 16.0 Å². The van der Waals surface area contributed by atoms with Gasteiger partial charge in [-0.1, -0.05) is 30.3 Å². The average molecular weight is 298 g/mol. The van der Waals surface area contributed by atoms with Crippen molar-refractivity contribution < 1.29 is 14.0 Å². The molecule has 1 aromatic carbocycles. The number of thiol groups is 1. The summed E-state index contributed by atoms with van der Waals surface area (Å²) in [5.41, 5.74) is 0.992. The lowest BCUT2D eigenvalue weighted by atomic mass is 10.0. The largest absolute Gasteiger partial charge is 0.345 e. The molecule has 1 rings (SSSR count). The van der Waals surface area contributed by atoms with Gasteiger partial charge in [0.05, 0.1) is 12.1 Å². The van der Waals surface area contributed by atoms with Crippen LogP contribution in [0, 0.1) is 0 Å². The highest BCUT2D eigenvalue weighted by atomic mass is 32.1. The molecule has 1 unspecified atom stereocenters. The van der Waals surface area contributed by atoms with Crippen LogP contribution in [0.4, 0.5) is 4.39 Å². The van der Waals surface area contributed by atoms with Crippen LogP contribution in [0.3, 0.4) is 0 Å². The average Bonchev–Trinajstić information content (AvgIpc) is 2.46. The van der Waals surface area contributed by atoms with Gasteiger partial charge in [0, 0.05) is 5.88 Å². The number of carbonyl (C=O) groups excluding carboxylic acids is 2. The van der Waals surface area contributed by atoms with E-state index < -0.39 is 24.5 Å². The first-order chi connectivity index (χ1) is 9.58. The third-order valence-electron chi connectivity index (χ3n) is 2.91. The number of rotatable bonds is 8. The maximum Gasteiger partial charge on any atom is 0.238 e. The standard InChI is InChI=1S/C14H19FN2O2S/c1-10(13(18)8-15)17-14(19)12(16-9-20)7-11-5-3-2-4-6-11/h2-6,10,12,16,20H,7-9H2,1H3,(H,17,19)/t10-,12?/m0/s1. The lowest BCUT2D eigenvalue weighted by molar-refractivity contribution is -0.128. The van der Waals surface area contributed by atoms with Crippen LogP contribution in [0.15, 0.2) is 30.3 Å². The predicted octanol–water partition coefficient (Wildman–Crippen LogP) is 1.12. The normalized spacial score (nSPS) is 13.6. The zero-order chi connectivity index (χ0) is 15.0. The van der Waals surface area contributed by atoms with Crippen molar-refractivity contribution in [2.24, 2.45) is 0 Å². The highest BCUT2D eigenvalue weighted by molar-refractivity contribution is 7.80. The highest BCUT2D eigenvalue weighted by Gasteiger charge is 2.22. The van der Waals surface area contributed by atoms with Gasteiger partial charge < -0.3 is 5.32 Å². The number of nitrogens with one attached hydrogen (secondary N) is 2. The topological polar surface area (TPSA) is 58.2 Å². The van der Waals surface area contributed by atoms with E-state index in [1.165, 1.54) is 6.92 Å². The molecule has 2 atom stereocenters. The summed E-state index contributed by atoms with van der Waals surface area (Å²) in [4.78, 5) is 23.2. The molecule has 1 aromatic rings. The summed E-state index contributed by atoms with van der Waals surface area (Å²) in [6.07, 6.45) is 0.476. The number of amides is 1. The Labute approximate surface area is 123 Å². The first-order valence-corrected chi connectivity index (χ1v) is 6.99. The lowest BCUT2D eigenvalue weighted by Gasteiger charge is -2.19. The molecule has 0 aliphatic heterocycles. The van der Waals surface area contributed by atoms with E-state index in [4.69, 9.17) is 0 Å². The molecule has 0 saturated heterocycles. The minimum atomic E-state index is -1.08. The monoisotopic (exact) mass is 298 g/mol. The highest BCUT2D eigenvalue weighted by Crippen LogP contribution is 2.04. The van der Waals surface area contributed by atoms with E-state index in [-0.39, 0.29) is 5.91 Å². The Morgan fingerprint density at radius 3 is 2.50 bits per heavy atom. The number of ketones is 1. The first-order valence-electron chi connectivity index (χ1n) is 6.35. The van der Waals surface area contributed by atoms with Crippen molar-refractivity contribution >= 4 is 24.3 Å². The van der Waals surface area contributed by atoms with Crippen molar-refractivity contribution in [2.45, 2.75) is 25.4 Å². The molecule has 0 aromatic heterocycles. The number of benzene rings is 1. The van der Waals surface area contributed by atoms with Gasteiger partial charge in [-0.2, -0.15) is 12.6 Å². The Balaban J connectivity index is 2.65. The quantitative estimate of drug-likeness (QED) is 0.498. The first kappa shape index (κ1) is 16.7. The Morgan fingerprint density at radius 2 is 1.95 bits per heavy atom. The molecule has 2 N–H and O–H groups in total. The molecule has 1 amide bonds. The molecule has 0 radical (unpaired) electrons. The van der Waals surface area contributed by atoms with Crippen molar-refractivity contribution in [1.82, 2.24) is 10.6 Å². The van der Waals surface area contributed by atoms with Crippen LogP contribution in [0.2, 0.25) is 0 Å². The molecule has 0 aliphatic carbocycles. The maximum atomic E-state index is 12.3. The molecule has 6 heteroatoms. The van der Waals surface area contributed by atoms with Crippen LogP contribution in [0.1, 0.15) is 12.5 Å². The summed E-state index contributed by atoms with van der Waals surface area (Å²) in [5.74, 6) is -0.643. The van der Waals surface area contributed by atoms with Gasteiger partial charge in [0.15, 0.2) is 5.78 Å². The van der Waals surface area contributed by atoms with E-state index in [0.717, 1.165) is 5.56 Å². The summed E-state index contributed by atoms with van der Waals surface area (Å²) in [6.45, 7) is 0.394. The number of hydrogen-bond acceptors (Lipinski definition) is 4. The van der Waals surface area contributed by atoms with Gasteiger partial charge in [-0.05, 0) is 18.9 Å². The van der Waals surface area contributed by atoms with Crippen LogP contribution >= 0.6 is 12.6 Å². The fourth-order valence-corrected chi connectivity index (χ4v) is 1.95. The van der Waals surface area contributed by atoms with E-state index >= 15 is 0 Å². The van der Waals surface area contributed by atoms with E-state index in [0.29, 0.717) is 12.3 Å². The second-order valence-corrected chi connectivity index (χ2v) is 4.75. The molecular weight excluding hydrogens is 279 g/mol. The van der Waals surface area contributed by atoms with E-state index in [9.17, 15) is 14.0 Å². The molecule has 0 bridgehead atoms. The molecular formula is C14H19FN2O2S. The van der Waals surface area contributed by atoms with E-state index in [2.05, 4.69) is 23.3 Å². The number of Topliss-reactive ketones (excluding diaryl/α,β-unsaturated/α-hetero) is 1. The van der Waals surface area contributed by atoms with Crippen molar-refractivity contribution in [3.05, 3.63) is 35.9 Å². The fourth-order valence-electron chi connectivity index (χ4n) is 1.73. The summed E-state index contributed by atoms with van der Waals surface area (Å²) >= 11 is 4.05. The zero-order valence-corrected chi connectivity index (χ0v) is 12.2. The maximum absolute atomic E-state index is 12.3.